The number of methoxy groups -OCH3 is 1. The van der Waals surface area contributed by atoms with Gasteiger partial charge in [0.2, 0.25) is 0 Å². The summed E-state index contributed by atoms with van der Waals surface area (Å²) in [6.45, 7) is 0. The first-order valence-electron chi connectivity index (χ1n) is 5.21. The Morgan fingerprint density at radius 2 is 2.06 bits per heavy atom. The molecule has 0 fully saturated rings. The molecule has 0 spiro atoms. The number of carbonyl (C=O) groups excluding carboxylic acids is 1. The van der Waals surface area contributed by atoms with Crippen LogP contribution in [0.25, 0.3) is 0 Å². The first kappa shape index (κ1) is 15.2. The van der Waals surface area contributed by atoms with Crippen molar-refractivity contribution in [2.45, 2.75) is 31.7 Å². The Labute approximate surface area is 99.7 Å². The van der Waals surface area contributed by atoms with Crippen molar-refractivity contribution in [2.75, 3.05) is 18.6 Å². The first-order chi connectivity index (χ1) is 7.57. The highest BCUT2D eigenvalue weighted by Gasteiger charge is 2.12. The number of unbranched alkanes of at least 4 members (excludes halogenated alkanes) is 2. The summed E-state index contributed by atoms with van der Waals surface area (Å²) in [6.07, 6.45) is 2.78. The van der Waals surface area contributed by atoms with Crippen LogP contribution < -0.4 is 5.73 Å². The van der Waals surface area contributed by atoms with Crippen LogP contribution in [0.4, 0.5) is 0 Å². The SMILES string of the molecule is COC(=O)[C@@H](N)CSCCCCCC(=O)O. The van der Waals surface area contributed by atoms with Gasteiger partial charge < -0.3 is 15.6 Å². The average molecular weight is 249 g/mol. The number of hydrogen-bond donors (Lipinski definition) is 2. The summed E-state index contributed by atoms with van der Waals surface area (Å²) in [7, 11) is 1.32. The lowest BCUT2D eigenvalue weighted by Crippen LogP contribution is -2.33. The smallest absolute Gasteiger partial charge is 0.323 e. The highest BCUT2D eigenvalue weighted by atomic mass is 32.2. The zero-order valence-electron chi connectivity index (χ0n) is 9.48. The summed E-state index contributed by atoms with van der Waals surface area (Å²) in [5.41, 5.74) is 5.54. The second-order valence-corrected chi connectivity index (χ2v) is 4.56. The number of rotatable bonds is 9. The van der Waals surface area contributed by atoms with Gasteiger partial charge in [-0.05, 0) is 18.6 Å². The molecule has 0 radical (unpaired) electrons. The molecule has 0 aliphatic heterocycles. The molecular formula is C10H19NO4S. The topological polar surface area (TPSA) is 89.6 Å². The molecule has 0 aliphatic carbocycles. The minimum atomic E-state index is -0.750. The van der Waals surface area contributed by atoms with Gasteiger partial charge in [-0.3, -0.25) is 9.59 Å². The molecule has 0 heterocycles. The molecule has 16 heavy (non-hydrogen) atoms. The Hall–Kier alpha value is -0.750. The normalized spacial score (nSPS) is 12.1. The molecule has 0 aliphatic rings. The highest BCUT2D eigenvalue weighted by molar-refractivity contribution is 7.99. The fourth-order valence-electron chi connectivity index (χ4n) is 1.09. The van der Waals surface area contributed by atoms with Crippen molar-refractivity contribution in [2.24, 2.45) is 5.73 Å². The molecule has 0 unspecified atom stereocenters. The summed E-state index contributed by atoms with van der Waals surface area (Å²) >= 11 is 1.59. The lowest BCUT2D eigenvalue weighted by molar-refractivity contribution is -0.141. The van der Waals surface area contributed by atoms with Gasteiger partial charge >= 0.3 is 11.9 Å². The van der Waals surface area contributed by atoms with E-state index in [9.17, 15) is 9.59 Å². The highest BCUT2D eigenvalue weighted by Crippen LogP contribution is 2.09. The van der Waals surface area contributed by atoms with Crippen molar-refractivity contribution in [1.29, 1.82) is 0 Å². The maximum atomic E-state index is 10.9. The van der Waals surface area contributed by atoms with Crippen LogP contribution in [-0.4, -0.2) is 41.7 Å². The number of esters is 1. The van der Waals surface area contributed by atoms with Crippen LogP contribution in [0.3, 0.4) is 0 Å². The summed E-state index contributed by atoms with van der Waals surface area (Å²) in [6, 6.07) is -0.561. The van der Waals surface area contributed by atoms with Crippen molar-refractivity contribution < 1.29 is 19.4 Å². The maximum absolute atomic E-state index is 10.9. The third kappa shape index (κ3) is 8.55. The molecule has 1 atom stereocenters. The monoisotopic (exact) mass is 249 g/mol. The van der Waals surface area contributed by atoms with Crippen molar-refractivity contribution in [3.63, 3.8) is 0 Å². The maximum Gasteiger partial charge on any atom is 0.323 e. The van der Waals surface area contributed by atoms with Gasteiger partial charge in [-0.2, -0.15) is 11.8 Å². The lowest BCUT2D eigenvalue weighted by atomic mass is 10.2. The van der Waals surface area contributed by atoms with Crippen molar-refractivity contribution >= 4 is 23.7 Å². The number of hydrogen-bond acceptors (Lipinski definition) is 5. The van der Waals surface area contributed by atoms with Crippen molar-refractivity contribution in [1.82, 2.24) is 0 Å². The standard InChI is InChI=1S/C10H19NO4S/c1-15-10(14)8(11)7-16-6-4-2-3-5-9(12)13/h8H,2-7,11H2,1H3,(H,12,13)/t8-/m0/s1. The molecule has 0 saturated carbocycles. The summed E-state index contributed by atoms with van der Waals surface area (Å²) in [5.74, 6) is 0.300. The number of thioether (sulfide) groups is 1. The fourth-order valence-corrected chi connectivity index (χ4v) is 2.05. The van der Waals surface area contributed by atoms with Crippen LogP contribution in [0.2, 0.25) is 0 Å². The third-order valence-electron chi connectivity index (χ3n) is 1.98. The predicted octanol–water partition coefficient (Wildman–Crippen LogP) is 0.865. The van der Waals surface area contributed by atoms with E-state index in [4.69, 9.17) is 10.8 Å². The Morgan fingerprint density at radius 3 is 2.62 bits per heavy atom. The van der Waals surface area contributed by atoms with E-state index in [0.29, 0.717) is 12.2 Å². The molecule has 6 heteroatoms. The second-order valence-electron chi connectivity index (χ2n) is 3.41. The van der Waals surface area contributed by atoms with Gasteiger partial charge in [-0.15, -0.1) is 0 Å². The average Bonchev–Trinajstić information content (AvgIpc) is 2.25. The van der Waals surface area contributed by atoms with E-state index in [1.807, 2.05) is 0 Å². The van der Waals surface area contributed by atoms with E-state index in [-0.39, 0.29) is 6.42 Å². The molecule has 0 aromatic carbocycles. The number of ether oxygens (including phenoxy) is 1. The number of nitrogens with two attached hydrogens (primary N) is 1. The molecule has 0 rings (SSSR count). The summed E-state index contributed by atoms with van der Waals surface area (Å²) in [5, 5.41) is 8.40. The van der Waals surface area contributed by atoms with Gasteiger partial charge in [0.1, 0.15) is 6.04 Å². The molecular weight excluding hydrogens is 230 g/mol. The molecule has 0 bridgehead atoms. The molecule has 0 aromatic heterocycles. The molecule has 0 aromatic rings. The Morgan fingerprint density at radius 1 is 1.38 bits per heavy atom. The predicted molar refractivity (Wildman–Crippen MR) is 63.4 cm³/mol. The number of carboxylic acid groups (broad SMARTS) is 1. The lowest BCUT2D eigenvalue weighted by Gasteiger charge is -2.08. The number of aliphatic carboxylic acids is 1. The van der Waals surface area contributed by atoms with Crippen molar-refractivity contribution in [3.8, 4) is 0 Å². The van der Waals surface area contributed by atoms with Crippen LogP contribution in [0, 0.1) is 0 Å². The fraction of sp³-hybridized carbons (Fsp3) is 0.800. The number of carboxylic acids is 1. The van der Waals surface area contributed by atoms with E-state index in [0.717, 1.165) is 18.6 Å². The van der Waals surface area contributed by atoms with Crippen LogP contribution in [-0.2, 0) is 14.3 Å². The summed E-state index contributed by atoms with van der Waals surface area (Å²) < 4.78 is 4.49. The zero-order valence-corrected chi connectivity index (χ0v) is 10.3. The van der Waals surface area contributed by atoms with Gasteiger partial charge in [-0.1, -0.05) is 6.42 Å². The number of carbonyl (C=O) groups is 2. The van der Waals surface area contributed by atoms with Crippen molar-refractivity contribution in [3.05, 3.63) is 0 Å². The Bertz CT molecular complexity index is 223. The molecule has 5 nitrogen and oxygen atoms in total. The Kier molecular flexibility index (Phi) is 9.03. The zero-order chi connectivity index (χ0) is 12.4. The molecule has 0 amide bonds. The quantitative estimate of drug-likeness (QED) is 0.465. The largest absolute Gasteiger partial charge is 0.481 e. The van der Waals surface area contributed by atoms with Gasteiger partial charge in [-0.25, -0.2) is 0 Å². The van der Waals surface area contributed by atoms with Crippen LogP contribution in [0.1, 0.15) is 25.7 Å². The molecule has 94 valence electrons. The Balaban J connectivity index is 3.27. The minimum Gasteiger partial charge on any atom is -0.481 e. The van der Waals surface area contributed by atoms with Gasteiger partial charge in [0.05, 0.1) is 7.11 Å². The third-order valence-corrected chi connectivity index (χ3v) is 3.15. The summed E-state index contributed by atoms with van der Waals surface area (Å²) in [4.78, 5) is 21.1. The molecule has 0 saturated heterocycles. The van der Waals surface area contributed by atoms with E-state index in [2.05, 4.69) is 4.74 Å². The molecule has 3 N–H and O–H groups in total. The van der Waals surface area contributed by atoms with Crippen LogP contribution >= 0.6 is 11.8 Å². The van der Waals surface area contributed by atoms with Gasteiger partial charge in [0, 0.05) is 12.2 Å². The van der Waals surface area contributed by atoms with E-state index in [1.165, 1.54) is 7.11 Å². The van der Waals surface area contributed by atoms with E-state index >= 15 is 0 Å². The van der Waals surface area contributed by atoms with Crippen LogP contribution in [0.5, 0.6) is 0 Å². The van der Waals surface area contributed by atoms with Crippen LogP contribution in [0.15, 0.2) is 0 Å². The van der Waals surface area contributed by atoms with E-state index in [1.54, 1.807) is 11.8 Å². The second kappa shape index (κ2) is 9.47. The minimum absolute atomic E-state index is 0.229. The van der Waals surface area contributed by atoms with Gasteiger partial charge in [0.25, 0.3) is 0 Å². The van der Waals surface area contributed by atoms with Gasteiger partial charge in [0.15, 0.2) is 0 Å². The van der Waals surface area contributed by atoms with E-state index < -0.39 is 18.0 Å². The first-order valence-corrected chi connectivity index (χ1v) is 6.36.